The molecule has 0 fully saturated rings. The molecule has 0 aliphatic rings. The van der Waals surface area contributed by atoms with Crippen LogP contribution in [0.1, 0.15) is 25.1 Å². The smallest absolute Gasteiger partial charge is 0.224 e. The molecule has 2 rings (SSSR count). The van der Waals surface area contributed by atoms with Crippen molar-refractivity contribution in [3.8, 4) is 11.4 Å². The fourth-order valence-corrected chi connectivity index (χ4v) is 2.47. The van der Waals surface area contributed by atoms with Crippen molar-refractivity contribution in [3.63, 3.8) is 0 Å². The van der Waals surface area contributed by atoms with Gasteiger partial charge in [-0.1, -0.05) is 0 Å². The van der Waals surface area contributed by atoms with Gasteiger partial charge in [-0.2, -0.15) is 16.9 Å². The van der Waals surface area contributed by atoms with Gasteiger partial charge in [-0.3, -0.25) is 9.89 Å². The van der Waals surface area contributed by atoms with Gasteiger partial charge >= 0.3 is 0 Å². The van der Waals surface area contributed by atoms with Crippen molar-refractivity contribution in [1.29, 1.82) is 0 Å². The van der Waals surface area contributed by atoms with Crippen LogP contribution < -0.4 is 11.1 Å². The fraction of sp³-hybridized carbons (Fsp3) is 0.400. The van der Waals surface area contributed by atoms with Crippen molar-refractivity contribution in [2.24, 2.45) is 5.73 Å². The minimum atomic E-state index is 0.0529. The van der Waals surface area contributed by atoms with Gasteiger partial charge in [-0.25, -0.2) is 4.98 Å². The molecule has 1 amide bonds. The molecule has 4 N–H and O–H groups in total. The Morgan fingerprint density at radius 1 is 1.32 bits per heavy atom. The SMILES string of the molecule is CSCCCCC(=O)Nc1ccc(-c2n[nH]c(CN)n2)cc1. The molecule has 118 valence electrons. The quantitative estimate of drug-likeness (QED) is 0.649. The van der Waals surface area contributed by atoms with Crippen LogP contribution in [0.25, 0.3) is 11.4 Å². The van der Waals surface area contributed by atoms with E-state index in [1.54, 1.807) is 11.8 Å². The van der Waals surface area contributed by atoms with Gasteiger partial charge in [-0.05, 0) is 49.1 Å². The predicted molar refractivity (Wildman–Crippen MR) is 90.6 cm³/mol. The van der Waals surface area contributed by atoms with E-state index in [1.165, 1.54) is 0 Å². The number of rotatable bonds is 8. The molecule has 7 heteroatoms. The summed E-state index contributed by atoms with van der Waals surface area (Å²) in [6.45, 7) is 0.331. The third-order valence-corrected chi connectivity index (χ3v) is 3.85. The zero-order valence-corrected chi connectivity index (χ0v) is 13.4. The van der Waals surface area contributed by atoms with Gasteiger partial charge in [0.15, 0.2) is 5.82 Å². The lowest BCUT2D eigenvalue weighted by molar-refractivity contribution is -0.116. The van der Waals surface area contributed by atoms with Crippen molar-refractivity contribution in [2.45, 2.75) is 25.8 Å². The second-order valence-corrected chi connectivity index (χ2v) is 5.87. The van der Waals surface area contributed by atoms with E-state index in [0.717, 1.165) is 29.8 Å². The Hall–Kier alpha value is -1.86. The number of nitrogens with two attached hydrogens (primary N) is 1. The summed E-state index contributed by atoms with van der Waals surface area (Å²) in [5.74, 6) is 2.41. The number of carbonyl (C=O) groups is 1. The molecule has 0 saturated heterocycles. The third-order valence-electron chi connectivity index (χ3n) is 3.15. The van der Waals surface area contributed by atoms with Crippen LogP contribution in [0.3, 0.4) is 0 Å². The number of carbonyl (C=O) groups excluding carboxylic acids is 1. The van der Waals surface area contributed by atoms with Crippen LogP contribution >= 0.6 is 11.8 Å². The van der Waals surface area contributed by atoms with E-state index in [4.69, 9.17) is 5.73 Å². The standard InChI is InChI=1S/C15H21N5OS/c1-22-9-3-2-4-14(21)17-12-7-5-11(6-8-12)15-18-13(10-16)19-20-15/h5-8H,2-4,9-10,16H2,1H3,(H,17,21)(H,18,19,20). The zero-order valence-electron chi connectivity index (χ0n) is 12.6. The summed E-state index contributed by atoms with van der Waals surface area (Å²) >= 11 is 1.81. The maximum atomic E-state index is 11.8. The molecular formula is C15H21N5OS. The number of nitrogens with zero attached hydrogens (tertiary/aromatic N) is 2. The molecule has 2 aromatic rings. The van der Waals surface area contributed by atoms with Gasteiger partial charge in [0.2, 0.25) is 5.91 Å². The number of thioether (sulfide) groups is 1. The van der Waals surface area contributed by atoms with E-state index in [0.29, 0.717) is 24.6 Å². The molecule has 0 saturated carbocycles. The second kappa shape index (κ2) is 8.55. The van der Waals surface area contributed by atoms with E-state index in [2.05, 4.69) is 26.8 Å². The molecule has 0 bridgehead atoms. The minimum Gasteiger partial charge on any atom is -0.326 e. The number of hydrogen-bond acceptors (Lipinski definition) is 5. The summed E-state index contributed by atoms with van der Waals surface area (Å²) in [5.41, 5.74) is 7.17. The van der Waals surface area contributed by atoms with Gasteiger partial charge in [0, 0.05) is 17.7 Å². The van der Waals surface area contributed by atoms with Gasteiger partial charge in [0.05, 0.1) is 6.54 Å². The molecule has 1 aromatic heterocycles. The number of aromatic amines is 1. The summed E-state index contributed by atoms with van der Waals surface area (Å²) in [6.07, 6.45) is 4.63. The Kier molecular flexibility index (Phi) is 6.42. The lowest BCUT2D eigenvalue weighted by Crippen LogP contribution is -2.11. The average molecular weight is 319 g/mol. The topological polar surface area (TPSA) is 96.7 Å². The van der Waals surface area contributed by atoms with E-state index >= 15 is 0 Å². The number of benzene rings is 1. The molecule has 0 atom stereocenters. The summed E-state index contributed by atoms with van der Waals surface area (Å²) in [4.78, 5) is 16.1. The number of hydrogen-bond donors (Lipinski definition) is 3. The normalized spacial score (nSPS) is 10.6. The molecule has 1 heterocycles. The zero-order chi connectivity index (χ0) is 15.8. The Morgan fingerprint density at radius 2 is 2.09 bits per heavy atom. The number of amides is 1. The Labute approximate surface area is 134 Å². The summed E-state index contributed by atoms with van der Waals surface area (Å²) < 4.78 is 0. The number of H-pyrrole nitrogens is 1. The highest BCUT2D eigenvalue weighted by Crippen LogP contribution is 2.18. The molecule has 0 aliphatic carbocycles. The first-order chi connectivity index (χ1) is 10.7. The molecule has 6 nitrogen and oxygen atoms in total. The van der Waals surface area contributed by atoms with Gasteiger partial charge in [0.1, 0.15) is 5.82 Å². The first-order valence-electron chi connectivity index (χ1n) is 7.23. The number of nitrogens with one attached hydrogen (secondary N) is 2. The number of anilines is 1. The van der Waals surface area contributed by atoms with Crippen molar-refractivity contribution >= 4 is 23.4 Å². The van der Waals surface area contributed by atoms with Crippen LogP contribution in [-0.2, 0) is 11.3 Å². The van der Waals surface area contributed by atoms with Crippen LogP contribution in [0.4, 0.5) is 5.69 Å². The highest BCUT2D eigenvalue weighted by Gasteiger charge is 2.06. The highest BCUT2D eigenvalue weighted by atomic mass is 32.2. The second-order valence-electron chi connectivity index (χ2n) is 4.89. The van der Waals surface area contributed by atoms with Crippen LogP contribution in [0.5, 0.6) is 0 Å². The van der Waals surface area contributed by atoms with Crippen LogP contribution in [0.15, 0.2) is 24.3 Å². The maximum Gasteiger partial charge on any atom is 0.224 e. The molecular weight excluding hydrogens is 298 g/mol. The summed E-state index contributed by atoms with van der Waals surface area (Å²) in [7, 11) is 0. The third kappa shape index (κ3) is 4.85. The highest BCUT2D eigenvalue weighted by molar-refractivity contribution is 7.98. The van der Waals surface area contributed by atoms with Gasteiger partial charge in [0.25, 0.3) is 0 Å². The average Bonchev–Trinajstić information content (AvgIpc) is 3.01. The Morgan fingerprint density at radius 3 is 2.73 bits per heavy atom. The van der Waals surface area contributed by atoms with E-state index < -0.39 is 0 Å². The molecule has 1 aromatic carbocycles. The van der Waals surface area contributed by atoms with E-state index in [9.17, 15) is 4.79 Å². The molecule has 0 unspecified atom stereocenters. The van der Waals surface area contributed by atoms with Crippen molar-refractivity contribution in [3.05, 3.63) is 30.1 Å². The number of unbranched alkanes of at least 4 members (excludes halogenated alkanes) is 1. The molecule has 0 spiro atoms. The van der Waals surface area contributed by atoms with Crippen molar-refractivity contribution in [2.75, 3.05) is 17.3 Å². The van der Waals surface area contributed by atoms with E-state index in [1.807, 2.05) is 24.3 Å². The van der Waals surface area contributed by atoms with Gasteiger partial charge < -0.3 is 11.1 Å². The largest absolute Gasteiger partial charge is 0.326 e. The Balaban J connectivity index is 1.87. The lowest BCUT2D eigenvalue weighted by atomic mass is 10.2. The van der Waals surface area contributed by atoms with Crippen LogP contribution in [-0.4, -0.2) is 33.1 Å². The predicted octanol–water partition coefficient (Wildman–Crippen LogP) is 2.40. The molecule has 22 heavy (non-hydrogen) atoms. The summed E-state index contributed by atoms with van der Waals surface area (Å²) in [5, 5.41) is 9.78. The fourth-order valence-electron chi connectivity index (χ4n) is 1.97. The van der Waals surface area contributed by atoms with Crippen LogP contribution in [0.2, 0.25) is 0 Å². The van der Waals surface area contributed by atoms with Crippen LogP contribution in [0, 0.1) is 0 Å². The minimum absolute atomic E-state index is 0.0529. The first kappa shape index (κ1) is 16.5. The molecule has 0 radical (unpaired) electrons. The lowest BCUT2D eigenvalue weighted by Gasteiger charge is -2.05. The first-order valence-corrected chi connectivity index (χ1v) is 8.63. The Bertz CT molecular complexity index is 596. The van der Waals surface area contributed by atoms with Crippen molar-refractivity contribution in [1.82, 2.24) is 15.2 Å². The number of aromatic nitrogens is 3. The monoisotopic (exact) mass is 319 g/mol. The van der Waals surface area contributed by atoms with Gasteiger partial charge in [-0.15, -0.1) is 0 Å². The van der Waals surface area contributed by atoms with E-state index in [-0.39, 0.29) is 5.91 Å². The van der Waals surface area contributed by atoms with Crippen molar-refractivity contribution < 1.29 is 4.79 Å². The molecule has 0 aliphatic heterocycles. The maximum absolute atomic E-state index is 11.8. The summed E-state index contributed by atoms with van der Waals surface area (Å²) in [6, 6.07) is 7.47.